The zero-order valence-electron chi connectivity index (χ0n) is 17.0. The Morgan fingerprint density at radius 2 is 1.43 bits per heavy atom. The third kappa shape index (κ3) is 7.39. The van der Waals surface area contributed by atoms with E-state index in [1.165, 1.54) is 5.56 Å². The van der Waals surface area contributed by atoms with Gasteiger partial charge in [0.1, 0.15) is 12.1 Å². The molecule has 0 aliphatic carbocycles. The van der Waals surface area contributed by atoms with Gasteiger partial charge in [0.05, 0.1) is 0 Å². The predicted molar refractivity (Wildman–Crippen MR) is 115 cm³/mol. The molecule has 0 bridgehead atoms. The number of amides is 1. The summed E-state index contributed by atoms with van der Waals surface area (Å²) in [6, 6.07) is 19.7. The molecule has 0 saturated heterocycles. The Bertz CT molecular complexity index is 773. The molecule has 0 unspecified atom stereocenters. The van der Waals surface area contributed by atoms with Gasteiger partial charge in [-0.3, -0.25) is 4.79 Å². The standard InChI is InChI=1S/C23H29NO3S/c1-22(2,28-17-19-13-9-6-10-14-19)15-20(25)24-23(3,4)21(26)27-16-18-11-7-5-8-12-18/h5-14H,15-17H2,1-4H3,(H,24,25). The largest absolute Gasteiger partial charge is 0.459 e. The van der Waals surface area contributed by atoms with Gasteiger partial charge in [-0.1, -0.05) is 74.5 Å². The van der Waals surface area contributed by atoms with Gasteiger partial charge in [0.15, 0.2) is 0 Å². The molecule has 1 amide bonds. The van der Waals surface area contributed by atoms with Crippen molar-refractivity contribution in [3.63, 3.8) is 0 Å². The molecule has 0 aromatic heterocycles. The molecule has 0 atom stereocenters. The minimum absolute atomic E-state index is 0.160. The number of carbonyl (C=O) groups excluding carboxylic acids is 2. The van der Waals surface area contributed by atoms with E-state index >= 15 is 0 Å². The average Bonchev–Trinajstić information content (AvgIpc) is 2.65. The second-order valence-corrected chi connectivity index (χ2v) is 9.63. The van der Waals surface area contributed by atoms with Crippen LogP contribution in [0.4, 0.5) is 0 Å². The van der Waals surface area contributed by atoms with Crippen molar-refractivity contribution in [2.75, 3.05) is 0 Å². The molecule has 0 radical (unpaired) electrons. The minimum atomic E-state index is -1.08. The van der Waals surface area contributed by atoms with Crippen molar-refractivity contribution < 1.29 is 14.3 Å². The summed E-state index contributed by atoms with van der Waals surface area (Å²) in [6.45, 7) is 7.61. The molecule has 0 aliphatic heterocycles. The van der Waals surface area contributed by atoms with Gasteiger partial charge in [0.25, 0.3) is 0 Å². The van der Waals surface area contributed by atoms with E-state index in [4.69, 9.17) is 4.74 Å². The maximum Gasteiger partial charge on any atom is 0.331 e. The van der Waals surface area contributed by atoms with E-state index in [9.17, 15) is 9.59 Å². The SMILES string of the molecule is CC(C)(CC(=O)NC(C)(C)C(=O)OCc1ccccc1)SCc1ccccc1. The van der Waals surface area contributed by atoms with Gasteiger partial charge in [-0.15, -0.1) is 0 Å². The lowest BCUT2D eigenvalue weighted by atomic mass is 10.0. The summed E-state index contributed by atoms with van der Waals surface area (Å²) in [5, 5.41) is 2.82. The molecule has 2 aromatic carbocycles. The fourth-order valence-corrected chi connectivity index (χ4v) is 3.62. The molecule has 0 heterocycles. The molecule has 0 spiro atoms. The normalized spacial score (nSPS) is 11.7. The molecule has 5 heteroatoms. The van der Waals surface area contributed by atoms with Crippen LogP contribution in [-0.2, 0) is 26.7 Å². The van der Waals surface area contributed by atoms with E-state index in [0.29, 0.717) is 6.42 Å². The topological polar surface area (TPSA) is 55.4 Å². The molecule has 2 rings (SSSR count). The van der Waals surface area contributed by atoms with Crippen molar-refractivity contribution >= 4 is 23.6 Å². The summed E-state index contributed by atoms with van der Waals surface area (Å²) in [5.74, 6) is 0.232. The van der Waals surface area contributed by atoms with Gasteiger partial charge in [-0.2, -0.15) is 11.8 Å². The highest BCUT2D eigenvalue weighted by molar-refractivity contribution is 7.99. The molecular weight excluding hydrogens is 370 g/mol. The van der Waals surface area contributed by atoms with E-state index in [2.05, 4.69) is 17.4 Å². The minimum Gasteiger partial charge on any atom is -0.459 e. The molecule has 2 aromatic rings. The number of ether oxygens (including phenoxy) is 1. The number of benzene rings is 2. The lowest BCUT2D eigenvalue weighted by molar-refractivity contribution is -0.153. The highest BCUT2D eigenvalue weighted by atomic mass is 32.2. The van der Waals surface area contributed by atoms with Crippen LogP contribution >= 0.6 is 11.8 Å². The van der Waals surface area contributed by atoms with Crippen LogP contribution < -0.4 is 5.32 Å². The van der Waals surface area contributed by atoms with Gasteiger partial charge in [0, 0.05) is 16.9 Å². The third-order valence-electron chi connectivity index (χ3n) is 4.23. The number of hydrogen-bond acceptors (Lipinski definition) is 4. The van der Waals surface area contributed by atoms with Crippen LogP contribution in [0, 0.1) is 0 Å². The number of rotatable bonds is 9. The predicted octanol–water partition coefficient (Wildman–Crippen LogP) is 4.73. The Morgan fingerprint density at radius 1 is 0.893 bits per heavy atom. The quantitative estimate of drug-likeness (QED) is 0.620. The molecule has 1 N–H and O–H groups in total. The van der Waals surface area contributed by atoms with Crippen LogP contribution in [0.3, 0.4) is 0 Å². The zero-order valence-corrected chi connectivity index (χ0v) is 17.8. The molecule has 0 fully saturated rings. The molecule has 28 heavy (non-hydrogen) atoms. The summed E-state index contributed by atoms with van der Waals surface area (Å²) >= 11 is 1.73. The van der Waals surface area contributed by atoms with Crippen LogP contribution in [0.1, 0.15) is 45.2 Å². The van der Waals surface area contributed by atoms with Crippen molar-refractivity contribution in [2.24, 2.45) is 0 Å². The number of esters is 1. The van der Waals surface area contributed by atoms with Crippen molar-refractivity contribution in [3.05, 3.63) is 71.8 Å². The first-order chi connectivity index (χ1) is 13.2. The monoisotopic (exact) mass is 399 g/mol. The van der Waals surface area contributed by atoms with Gasteiger partial charge in [-0.25, -0.2) is 4.79 Å². The Labute approximate surface area is 172 Å². The van der Waals surface area contributed by atoms with E-state index < -0.39 is 11.5 Å². The summed E-state index contributed by atoms with van der Waals surface area (Å²) in [4.78, 5) is 24.9. The lowest BCUT2D eigenvalue weighted by Crippen LogP contribution is -2.51. The zero-order chi connectivity index (χ0) is 20.6. The maximum absolute atomic E-state index is 12.5. The van der Waals surface area contributed by atoms with Crippen LogP contribution in [0.2, 0.25) is 0 Å². The third-order valence-corrected chi connectivity index (χ3v) is 5.64. The van der Waals surface area contributed by atoms with Crippen molar-refractivity contribution in [2.45, 2.75) is 56.8 Å². The summed E-state index contributed by atoms with van der Waals surface area (Å²) in [7, 11) is 0. The highest BCUT2D eigenvalue weighted by Crippen LogP contribution is 2.31. The van der Waals surface area contributed by atoms with Crippen molar-refractivity contribution in [3.8, 4) is 0 Å². The van der Waals surface area contributed by atoms with E-state index in [-0.39, 0.29) is 17.3 Å². The number of carbonyl (C=O) groups is 2. The van der Waals surface area contributed by atoms with Crippen molar-refractivity contribution in [1.82, 2.24) is 5.32 Å². The Hall–Kier alpha value is -2.27. The van der Waals surface area contributed by atoms with Crippen LogP contribution in [0.25, 0.3) is 0 Å². The second-order valence-electron chi connectivity index (χ2n) is 7.95. The van der Waals surface area contributed by atoms with Gasteiger partial charge < -0.3 is 10.1 Å². The molecule has 150 valence electrons. The van der Waals surface area contributed by atoms with Crippen molar-refractivity contribution in [1.29, 1.82) is 0 Å². The van der Waals surface area contributed by atoms with E-state index in [0.717, 1.165) is 11.3 Å². The summed E-state index contributed by atoms with van der Waals surface area (Å²) in [5.41, 5.74) is 1.06. The van der Waals surface area contributed by atoms with Gasteiger partial charge in [-0.05, 0) is 25.0 Å². The van der Waals surface area contributed by atoms with E-state index in [1.807, 2.05) is 62.4 Å². The molecule has 0 aliphatic rings. The van der Waals surface area contributed by atoms with Gasteiger partial charge >= 0.3 is 5.97 Å². The summed E-state index contributed by atoms with van der Waals surface area (Å²) < 4.78 is 5.12. The number of thioether (sulfide) groups is 1. The Balaban J connectivity index is 1.82. The number of hydrogen-bond donors (Lipinski definition) is 1. The van der Waals surface area contributed by atoms with Crippen LogP contribution in [0.15, 0.2) is 60.7 Å². The fraction of sp³-hybridized carbons (Fsp3) is 0.391. The van der Waals surface area contributed by atoms with Crippen LogP contribution in [-0.4, -0.2) is 22.2 Å². The number of nitrogens with one attached hydrogen (secondary N) is 1. The smallest absolute Gasteiger partial charge is 0.331 e. The second kappa shape index (κ2) is 9.78. The first-order valence-electron chi connectivity index (χ1n) is 9.38. The molecule has 0 saturated carbocycles. The van der Waals surface area contributed by atoms with Gasteiger partial charge in [0.2, 0.25) is 5.91 Å². The molecule has 4 nitrogen and oxygen atoms in total. The summed E-state index contributed by atoms with van der Waals surface area (Å²) in [6.07, 6.45) is 0.319. The Morgan fingerprint density at radius 3 is 2.00 bits per heavy atom. The first-order valence-corrected chi connectivity index (χ1v) is 10.4. The van der Waals surface area contributed by atoms with E-state index in [1.54, 1.807) is 25.6 Å². The Kier molecular flexibility index (Phi) is 7.69. The first kappa shape index (κ1) is 22.0. The lowest BCUT2D eigenvalue weighted by Gasteiger charge is -2.28. The van der Waals surface area contributed by atoms with Crippen LogP contribution in [0.5, 0.6) is 0 Å². The molecular formula is C23H29NO3S. The highest BCUT2D eigenvalue weighted by Gasteiger charge is 2.33. The maximum atomic E-state index is 12.5. The fourth-order valence-electron chi connectivity index (χ4n) is 2.64. The average molecular weight is 400 g/mol.